The van der Waals surface area contributed by atoms with Crippen LogP contribution in [0, 0.1) is 0 Å². The second-order valence-electron chi connectivity index (χ2n) is 4.36. The number of amides is 2. The van der Waals surface area contributed by atoms with Crippen LogP contribution in [0.1, 0.15) is 18.9 Å². The zero-order valence-corrected chi connectivity index (χ0v) is 9.59. The molecule has 1 aromatic heterocycles. The lowest BCUT2D eigenvalue weighted by Crippen LogP contribution is -2.41. The van der Waals surface area contributed by atoms with Crippen LogP contribution in [0.2, 0.25) is 0 Å². The number of rotatable bonds is 1. The number of anilines is 1. The number of nitrogens with zero attached hydrogens (tertiary/aromatic N) is 2. The SMILES string of the molecule is Nc1cccc2nn(C3CCC(=O)NC3=O)cc12. The lowest BCUT2D eigenvalue weighted by molar-refractivity contribution is -0.135. The Bertz CT molecular complexity index is 647. The molecule has 2 amide bonds. The molecule has 2 aromatic rings. The summed E-state index contributed by atoms with van der Waals surface area (Å²) in [5.74, 6) is -0.537. The van der Waals surface area contributed by atoms with Gasteiger partial charge in [0.05, 0.1) is 5.52 Å². The maximum atomic E-state index is 11.7. The first-order valence-corrected chi connectivity index (χ1v) is 5.72. The summed E-state index contributed by atoms with van der Waals surface area (Å²) in [6, 6.07) is 5.02. The van der Waals surface area contributed by atoms with Gasteiger partial charge >= 0.3 is 0 Å². The van der Waals surface area contributed by atoms with E-state index in [0.29, 0.717) is 18.5 Å². The van der Waals surface area contributed by atoms with Crippen LogP contribution < -0.4 is 11.1 Å². The highest BCUT2D eigenvalue weighted by atomic mass is 16.2. The number of carbonyl (C=O) groups is 2. The largest absolute Gasteiger partial charge is 0.398 e. The van der Waals surface area contributed by atoms with E-state index in [4.69, 9.17) is 5.73 Å². The third-order valence-electron chi connectivity index (χ3n) is 3.13. The van der Waals surface area contributed by atoms with Crippen molar-refractivity contribution in [2.24, 2.45) is 0 Å². The zero-order chi connectivity index (χ0) is 12.7. The van der Waals surface area contributed by atoms with E-state index in [0.717, 1.165) is 10.9 Å². The molecule has 2 heterocycles. The lowest BCUT2D eigenvalue weighted by Gasteiger charge is -2.20. The number of benzene rings is 1. The Labute approximate surface area is 103 Å². The van der Waals surface area contributed by atoms with Crippen LogP contribution in [0.4, 0.5) is 5.69 Å². The van der Waals surface area contributed by atoms with Gasteiger partial charge in [0, 0.05) is 23.7 Å². The average Bonchev–Trinajstić information content (AvgIpc) is 2.74. The van der Waals surface area contributed by atoms with Gasteiger partial charge in [-0.3, -0.25) is 19.6 Å². The van der Waals surface area contributed by atoms with E-state index in [1.165, 1.54) is 0 Å². The van der Waals surface area contributed by atoms with E-state index in [1.807, 2.05) is 12.1 Å². The van der Waals surface area contributed by atoms with Crippen LogP contribution >= 0.6 is 0 Å². The van der Waals surface area contributed by atoms with Crippen molar-refractivity contribution < 1.29 is 9.59 Å². The number of hydrogen-bond donors (Lipinski definition) is 2. The van der Waals surface area contributed by atoms with Crippen molar-refractivity contribution in [2.75, 3.05) is 5.73 Å². The number of imide groups is 1. The fraction of sp³-hybridized carbons (Fsp3) is 0.250. The zero-order valence-electron chi connectivity index (χ0n) is 9.59. The van der Waals surface area contributed by atoms with Gasteiger partial charge < -0.3 is 5.73 Å². The summed E-state index contributed by atoms with van der Waals surface area (Å²) in [5, 5.41) is 7.48. The monoisotopic (exact) mass is 244 g/mol. The molecule has 3 N–H and O–H groups in total. The third kappa shape index (κ3) is 1.62. The number of fused-ring (bicyclic) bond motifs is 1. The molecule has 0 spiro atoms. The van der Waals surface area contributed by atoms with Gasteiger partial charge in [-0.25, -0.2) is 0 Å². The van der Waals surface area contributed by atoms with Crippen LogP contribution in [0.3, 0.4) is 0 Å². The molecule has 1 aliphatic rings. The third-order valence-corrected chi connectivity index (χ3v) is 3.13. The maximum absolute atomic E-state index is 11.7. The molecule has 0 radical (unpaired) electrons. The first-order chi connectivity index (χ1) is 8.65. The van der Waals surface area contributed by atoms with E-state index in [9.17, 15) is 9.59 Å². The van der Waals surface area contributed by atoms with Crippen LogP contribution in [0.15, 0.2) is 24.4 Å². The summed E-state index contributed by atoms with van der Waals surface area (Å²) in [4.78, 5) is 22.8. The summed E-state index contributed by atoms with van der Waals surface area (Å²) in [6.45, 7) is 0. The van der Waals surface area contributed by atoms with Crippen LogP contribution in [-0.2, 0) is 9.59 Å². The van der Waals surface area contributed by atoms with Crippen molar-refractivity contribution in [1.82, 2.24) is 15.1 Å². The van der Waals surface area contributed by atoms with E-state index >= 15 is 0 Å². The topological polar surface area (TPSA) is 90.0 Å². The highest BCUT2D eigenvalue weighted by molar-refractivity contribution is 5.99. The molecule has 1 aliphatic heterocycles. The van der Waals surface area contributed by atoms with E-state index < -0.39 is 6.04 Å². The number of hydrogen-bond acceptors (Lipinski definition) is 4. The molecule has 0 bridgehead atoms. The Balaban J connectivity index is 2.02. The quantitative estimate of drug-likeness (QED) is 0.567. The van der Waals surface area contributed by atoms with Crippen LogP contribution in [0.5, 0.6) is 0 Å². The van der Waals surface area contributed by atoms with Crippen molar-refractivity contribution in [1.29, 1.82) is 0 Å². The molecule has 3 rings (SSSR count). The Kier molecular flexibility index (Phi) is 2.29. The fourth-order valence-corrected chi connectivity index (χ4v) is 2.18. The predicted octanol–water partition coefficient (Wildman–Crippen LogP) is 0.596. The average molecular weight is 244 g/mol. The van der Waals surface area contributed by atoms with Gasteiger partial charge in [0.2, 0.25) is 5.91 Å². The summed E-state index contributed by atoms with van der Waals surface area (Å²) in [7, 11) is 0. The van der Waals surface area contributed by atoms with Gasteiger partial charge in [0.1, 0.15) is 6.04 Å². The fourth-order valence-electron chi connectivity index (χ4n) is 2.18. The number of nitrogens with one attached hydrogen (secondary N) is 1. The Hall–Kier alpha value is -2.37. The first kappa shape index (κ1) is 10.8. The molecule has 0 aliphatic carbocycles. The van der Waals surface area contributed by atoms with E-state index in [-0.39, 0.29) is 11.8 Å². The molecular formula is C12H12N4O2. The van der Waals surface area contributed by atoms with Crippen LogP contribution in [0.25, 0.3) is 10.9 Å². The van der Waals surface area contributed by atoms with Gasteiger partial charge in [0.25, 0.3) is 5.91 Å². The minimum absolute atomic E-state index is 0.229. The molecule has 1 unspecified atom stereocenters. The second-order valence-corrected chi connectivity index (χ2v) is 4.36. The van der Waals surface area contributed by atoms with E-state index in [1.54, 1.807) is 16.9 Å². The lowest BCUT2D eigenvalue weighted by atomic mass is 10.1. The summed E-state index contributed by atoms with van der Waals surface area (Å²) < 4.78 is 1.59. The number of nitrogens with two attached hydrogens (primary N) is 1. The predicted molar refractivity (Wildman–Crippen MR) is 65.6 cm³/mol. The van der Waals surface area contributed by atoms with Crippen molar-refractivity contribution in [2.45, 2.75) is 18.9 Å². The second kappa shape index (κ2) is 3.83. The molecule has 1 aromatic carbocycles. The number of aromatic nitrogens is 2. The first-order valence-electron chi connectivity index (χ1n) is 5.72. The number of nitrogen functional groups attached to an aromatic ring is 1. The minimum atomic E-state index is -0.436. The normalized spacial score (nSPS) is 20.1. The highest BCUT2D eigenvalue weighted by Gasteiger charge is 2.28. The smallest absolute Gasteiger partial charge is 0.251 e. The molecule has 92 valence electrons. The maximum Gasteiger partial charge on any atom is 0.251 e. The summed E-state index contributed by atoms with van der Waals surface area (Å²) >= 11 is 0. The van der Waals surface area contributed by atoms with E-state index in [2.05, 4.69) is 10.4 Å². The van der Waals surface area contributed by atoms with Crippen LogP contribution in [-0.4, -0.2) is 21.6 Å². The summed E-state index contributed by atoms with van der Waals surface area (Å²) in [6.07, 6.45) is 2.56. The summed E-state index contributed by atoms with van der Waals surface area (Å²) in [5.41, 5.74) is 7.23. The Morgan fingerprint density at radius 2 is 2.22 bits per heavy atom. The van der Waals surface area contributed by atoms with Gasteiger partial charge in [0.15, 0.2) is 0 Å². The minimum Gasteiger partial charge on any atom is -0.398 e. The molecule has 6 heteroatoms. The molecule has 1 atom stereocenters. The number of piperidine rings is 1. The molecule has 1 fully saturated rings. The number of carbonyl (C=O) groups excluding carboxylic acids is 2. The highest BCUT2D eigenvalue weighted by Crippen LogP contribution is 2.24. The standard InChI is InChI=1S/C12H12N4O2/c13-8-2-1-3-9-7(8)6-16(15-9)10-4-5-11(17)14-12(10)18/h1-3,6,10H,4-5,13H2,(H,14,17,18). The molecule has 18 heavy (non-hydrogen) atoms. The molecular weight excluding hydrogens is 232 g/mol. The van der Waals surface area contributed by atoms with Crippen molar-refractivity contribution in [3.05, 3.63) is 24.4 Å². The van der Waals surface area contributed by atoms with Crippen molar-refractivity contribution in [3.63, 3.8) is 0 Å². The molecule has 1 saturated heterocycles. The van der Waals surface area contributed by atoms with Gasteiger partial charge in [-0.15, -0.1) is 0 Å². The molecule has 0 saturated carbocycles. The van der Waals surface area contributed by atoms with Crippen molar-refractivity contribution >= 4 is 28.4 Å². The van der Waals surface area contributed by atoms with Crippen molar-refractivity contribution in [3.8, 4) is 0 Å². The van der Waals surface area contributed by atoms with Gasteiger partial charge in [-0.1, -0.05) is 6.07 Å². The van der Waals surface area contributed by atoms with Gasteiger partial charge in [-0.05, 0) is 18.6 Å². The Morgan fingerprint density at radius 3 is 2.94 bits per heavy atom. The van der Waals surface area contributed by atoms with Gasteiger partial charge in [-0.2, -0.15) is 5.10 Å². The Morgan fingerprint density at radius 1 is 1.39 bits per heavy atom. The molecule has 6 nitrogen and oxygen atoms in total.